The molecule has 1 N–H and O–H groups in total. The first-order chi connectivity index (χ1) is 29.5. The molecule has 0 aromatic carbocycles. The molecule has 0 spiro atoms. The largest absolute Gasteiger partial charge is 0.472 e. The van der Waals surface area contributed by atoms with Crippen LogP contribution in [0.5, 0.6) is 0 Å². The summed E-state index contributed by atoms with van der Waals surface area (Å²) in [6.07, 6.45) is 47.6. The first kappa shape index (κ1) is 56.9. The number of carbonyl (C=O) groups excluding carboxylic acids is 2. The van der Waals surface area contributed by atoms with E-state index in [-0.39, 0.29) is 26.1 Å². The third-order valence-corrected chi connectivity index (χ3v) is 11.7. The Balaban J connectivity index is 2.27. The van der Waals surface area contributed by atoms with Crippen LogP contribution >= 0.6 is 7.82 Å². The van der Waals surface area contributed by atoms with Crippen molar-refractivity contribution in [3.05, 3.63) is 48.6 Å². The Kier molecular flexibility index (Phi) is 35.8. The molecule has 354 valence electrons. The Morgan fingerprint density at radius 3 is 1.66 bits per heavy atom. The molecule has 0 aliphatic carbocycles. The molecule has 0 aromatic rings. The van der Waals surface area contributed by atoms with Crippen molar-refractivity contribution in [2.45, 2.75) is 212 Å². The van der Waals surface area contributed by atoms with Crippen LogP contribution in [0.4, 0.5) is 0 Å². The van der Waals surface area contributed by atoms with Crippen molar-refractivity contribution < 1.29 is 46.8 Å². The van der Waals surface area contributed by atoms with Gasteiger partial charge in [-0.2, -0.15) is 0 Å². The van der Waals surface area contributed by atoms with Crippen LogP contribution in [-0.4, -0.2) is 87.1 Å². The topological polar surface area (TPSA) is 121 Å². The summed E-state index contributed by atoms with van der Waals surface area (Å²) in [4.78, 5) is 35.5. The summed E-state index contributed by atoms with van der Waals surface area (Å²) in [5, 5.41) is 0. The highest BCUT2D eigenvalue weighted by Crippen LogP contribution is 2.43. The van der Waals surface area contributed by atoms with Crippen molar-refractivity contribution in [1.29, 1.82) is 0 Å². The number of epoxide rings is 1. The maximum atomic E-state index is 12.7. The molecule has 1 rings (SSSR count). The Morgan fingerprint density at radius 2 is 1.05 bits per heavy atom. The van der Waals surface area contributed by atoms with Crippen molar-refractivity contribution in [2.24, 2.45) is 0 Å². The fourth-order valence-corrected chi connectivity index (χ4v) is 7.49. The third kappa shape index (κ3) is 39.3. The molecular weight excluding hydrogens is 790 g/mol. The lowest BCUT2D eigenvalue weighted by molar-refractivity contribution is -0.870. The van der Waals surface area contributed by atoms with Crippen molar-refractivity contribution in [1.82, 2.24) is 0 Å². The highest BCUT2D eigenvalue weighted by molar-refractivity contribution is 7.47. The SMILES string of the molecule is CCCCC/C=C\CC1OC1C/C=C\C/C=C\CCCC(=O)OC[C@H](COP(=O)(O)OCC[N+](C)(C)C)OC(=O)CCCCCCCCCCC/C=C\CCCCCCCC. The number of rotatable bonds is 43. The average Bonchev–Trinajstić information content (AvgIpc) is 3.97. The number of phosphoric acid groups is 1. The van der Waals surface area contributed by atoms with Gasteiger partial charge in [0.1, 0.15) is 19.8 Å². The number of quaternary nitrogens is 1. The number of esters is 2. The monoisotopic (exact) mass is 881 g/mol. The predicted octanol–water partition coefficient (Wildman–Crippen LogP) is 13.2. The van der Waals surface area contributed by atoms with Crippen LogP contribution in [0.3, 0.4) is 0 Å². The van der Waals surface area contributed by atoms with Crippen LogP contribution < -0.4 is 0 Å². The second-order valence-electron chi connectivity index (χ2n) is 17.9. The van der Waals surface area contributed by atoms with Gasteiger partial charge in [0, 0.05) is 12.8 Å². The molecule has 1 fully saturated rings. The first-order valence-corrected chi connectivity index (χ1v) is 26.0. The summed E-state index contributed by atoms with van der Waals surface area (Å²) >= 11 is 0. The van der Waals surface area contributed by atoms with Gasteiger partial charge in [-0.1, -0.05) is 152 Å². The summed E-state index contributed by atoms with van der Waals surface area (Å²) in [5.41, 5.74) is 0. The van der Waals surface area contributed by atoms with Gasteiger partial charge in [0.25, 0.3) is 0 Å². The Morgan fingerprint density at radius 1 is 0.590 bits per heavy atom. The van der Waals surface area contributed by atoms with E-state index >= 15 is 0 Å². The van der Waals surface area contributed by atoms with E-state index in [9.17, 15) is 19.0 Å². The second-order valence-corrected chi connectivity index (χ2v) is 19.3. The fourth-order valence-electron chi connectivity index (χ4n) is 6.75. The molecule has 1 saturated heterocycles. The maximum Gasteiger partial charge on any atom is 0.472 e. The number of carbonyl (C=O) groups is 2. The normalized spacial score (nSPS) is 17.2. The molecule has 1 aliphatic rings. The molecule has 10 nitrogen and oxygen atoms in total. The van der Waals surface area contributed by atoms with Crippen LogP contribution in [0.2, 0.25) is 0 Å². The summed E-state index contributed by atoms with van der Waals surface area (Å²) in [5.74, 6) is -0.871. The van der Waals surface area contributed by atoms with Gasteiger partial charge in [0.2, 0.25) is 0 Å². The molecule has 0 radical (unpaired) electrons. The Hall–Kier alpha value is -2.07. The molecule has 0 bridgehead atoms. The van der Waals surface area contributed by atoms with Crippen LogP contribution in [0.1, 0.15) is 194 Å². The van der Waals surface area contributed by atoms with E-state index in [0.29, 0.717) is 36.1 Å². The van der Waals surface area contributed by atoms with E-state index in [1.807, 2.05) is 21.1 Å². The van der Waals surface area contributed by atoms with E-state index in [0.717, 1.165) is 51.4 Å². The lowest BCUT2D eigenvalue weighted by Gasteiger charge is -2.24. The summed E-state index contributed by atoms with van der Waals surface area (Å²) in [6.45, 7) is 4.32. The Labute approximate surface area is 373 Å². The predicted molar refractivity (Wildman–Crippen MR) is 251 cm³/mol. The standard InChI is InChI=1S/C50H90NO9P/c1-6-8-10-12-14-15-16-17-18-19-20-21-22-23-24-25-28-33-37-41-50(53)59-46(45-58-61(54,55)57-43-42-51(3,4)5)44-56-49(52)40-36-32-29-26-27-31-35-39-48-47(60-48)38-34-30-13-11-9-7-2/h17-18,26,29-31,34-35,46-48H,6-16,19-25,27-28,32-33,36-45H2,1-5H3/p+1/b18-17-,29-26-,34-30-,35-31-/t46-,47?,48?/m1/s1. The fraction of sp³-hybridized carbons (Fsp3) is 0.800. The minimum Gasteiger partial charge on any atom is -0.462 e. The van der Waals surface area contributed by atoms with Gasteiger partial charge in [-0.05, 0) is 77.0 Å². The van der Waals surface area contributed by atoms with Gasteiger partial charge in [-0.15, -0.1) is 0 Å². The van der Waals surface area contributed by atoms with Gasteiger partial charge < -0.3 is 23.6 Å². The van der Waals surface area contributed by atoms with Crippen molar-refractivity contribution in [3.8, 4) is 0 Å². The molecule has 61 heavy (non-hydrogen) atoms. The zero-order chi connectivity index (χ0) is 44.7. The average molecular weight is 881 g/mol. The van der Waals surface area contributed by atoms with Crippen LogP contribution in [0.25, 0.3) is 0 Å². The van der Waals surface area contributed by atoms with Gasteiger partial charge in [-0.25, -0.2) is 4.57 Å². The highest BCUT2D eigenvalue weighted by Gasteiger charge is 2.36. The van der Waals surface area contributed by atoms with Gasteiger partial charge in [0.05, 0.1) is 40.0 Å². The summed E-state index contributed by atoms with van der Waals surface area (Å²) in [7, 11) is 1.44. The Bertz CT molecular complexity index is 1240. The number of hydrogen-bond donors (Lipinski definition) is 1. The molecular formula is C50H91NO9P+. The van der Waals surface area contributed by atoms with E-state index in [2.05, 4.69) is 62.5 Å². The molecule has 3 unspecified atom stereocenters. The molecule has 4 atom stereocenters. The van der Waals surface area contributed by atoms with Crippen molar-refractivity contribution >= 4 is 19.8 Å². The van der Waals surface area contributed by atoms with Gasteiger partial charge in [0.15, 0.2) is 6.10 Å². The van der Waals surface area contributed by atoms with E-state index in [1.54, 1.807) is 0 Å². The number of phosphoric ester groups is 1. The van der Waals surface area contributed by atoms with Gasteiger partial charge >= 0.3 is 19.8 Å². The van der Waals surface area contributed by atoms with Crippen LogP contribution in [0.15, 0.2) is 48.6 Å². The molecule has 0 amide bonds. The summed E-state index contributed by atoms with van der Waals surface area (Å²) < 4.78 is 40.1. The lowest BCUT2D eigenvalue weighted by atomic mass is 10.1. The molecule has 0 saturated carbocycles. The third-order valence-electron chi connectivity index (χ3n) is 10.7. The number of ether oxygens (including phenoxy) is 3. The van der Waals surface area contributed by atoms with Crippen LogP contribution in [-0.2, 0) is 37.4 Å². The van der Waals surface area contributed by atoms with Crippen LogP contribution in [0, 0.1) is 0 Å². The van der Waals surface area contributed by atoms with Crippen molar-refractivity contribution in [2.75, 3.05) is 47.5 Å². The highest BCUT2D eigenvalue weighted by atomic mass is 31.2. The number of likely N-dealkylation sites (N-methyl/N-ethyl adjacent to an activating group) is 1. The van der Waals surface area contributed by atoms with Gasteiger partial charge in [-0.3, -0.25) is 18.6 Å². The number of hydrogen-bond acceptors (Lipinski definition) is 8. The van der Waals surface area contributed by atoms with E-state index in [1.165, 1.54) is 103 Å². The molecule has 11 heteroatoms. The molecule has 0 aromatic heterocycles. The first-order valence-electron chi connectivity index (χ1n) is 24.5. The van der Waals surface area contributed by atoms with E-state index in [4.69, 9.17) is 23.3 Å². The van der Waals surface area contributed by atoms with Crippen molar-refractivity contribution in [3.63, 3.8) is 0 Å². The maximum absolute atomic E-state index is 12.7. The lowest BCUT2D eigenvalue weighted by Crippen LogP contribution is -2.37. The minimum atomic E-state index is -4.40. The number of unbranched alkanes of at least 4 members (excludes halogenated alkanes) is 19. The number of allylic oxidation sites excluding steroid dienone is 6. The molecule has 1 heterocycles. The zero-order valence-electron chi connectivity index (χ0n) is 39.6. The quantitative estimate of drug-likeness (QED) is 0.0159. The zero-order valence-corrected chi connectivity index (χ0v) is 40.5. The number of nitrogens with zero attached hydrogens (tertiary/aromatic N) is 1. The smallest absolute Gasteiger partial charge is 0.462 e. The second kappa shape index (κ2) is 38.4. The molecule has 1 aliphatic heterocycles. The van der Waals surface area contributed by atoms with E-state index < -0.39 is 32.5 Å². The summed E-state index contributed by atoms with van der Waals surface area (Å²) in [6, 6.07) is 0. The minimum absolute atomic E-state index is 0.0195.